The van der Waals surface area contributed by atoms with E-state index < -0.39 is 0 Å². The summed E-state index contributed by atoms with van der Waals surface area (Å²) >= 11 is 6.63. The summed E-state index contributed by atoms with van der Waals surface area (Å²) in [5.74, 6) is 1.34. The molecule has 10 heteroatoms. The SMILES string of the molecule is CCCCCOc1cc(C(C)N2CCCN(Cc3ccnc4c3c(Cl)cn4CC(=O)N(C)C)C2=O)ccc1OC. The molecule has 1 aromatic carbocycles. The molecule has 2 aromatic heterocycles. The molecule has 0 bridgehead atoms. The van der Waals surface area contributed by atoms with Gasteiger partial charge in [-0.05, 0) is 49.1 Å². The lowest BCUT2D eigenvalue weighted by Gasteiger charge is -2.39. The minimum Gasteiger partial charge on any atom is -0.493 e. The largest absolute Gasteiger partial charge is 0.493 e. The molecule has 1 saturated heterocycles. The second-order valence-electron chi connectivity index (χ2n) is 10.5. The summed E-state index contributed by atoms with van der Waals surface area (Å²) in [6.45, 7) is 6.72. The van der Waals surface area contributed by atoms with Crippen LogP contribution in [0.25, 0.3) is 11.0 Å². The van der Waals surface area contributed by atoms with E-state index in [0.717, 1.165) is 42.2 Å². The molecule has 1 unspecified atom stereocenters. The number of nitrogens with zero attached hydrogens (tertiary/aromatic N) is 5. The lowest BCUT2D eigenvalue weighted by atomic mass is 10.0. The van der Waals surface area contributed by atoms with Crippen molar-refractivity contribution in [3.05, 3.63) is 52.8 Å². The fourth-order valence-corrected chi connectivity index (χ4v) is 5.39. The number of carbonyl (C=O) groups is 2. The molecule has 4 rings (SSSR count). The Morgan fingerprint density at radius 2 is 1.98 bits per heavy atom. The molecule has 216 valence electrons. The first-order valence-corrected chi connectivity index (χ1v) is 14.3. The quantitative estimate of drug-likeness (QED) is 0.260. The Balaban J connectivity index is 1.52. The maximum absolute atomic E-state index is 13.7. The number of rotatable bonds is 12. The highest BCUT2D eigenvalue weighted by atomic mass is 35.5. The van der Waals surface area contributed by atoms with E-state index in [0.29, 0.717) is 48.4 Å². The molecule has 3 heterocycles. The van der Waals surface area contributed by atoms with Crippen LogP contribution in [0.5, 0.6) is 11.5 Å². The fraction of sp³-hybridized carbons (Fsp3) is 0.500. The maximum atomic E-state index is 13.7. The van der Waals surface area contributed by atoms with Crippen molar-refractivity contribution in [2.24, 2.45) is 0 Å². The fourth-order valence-electron chi connectivity index (χ4n) is 5.07. The van der Waals surface area contributed by atoms with Gasteiger partial charge in [-0.15, -0.1) is 0 Å². The third-order valence-corrected chi connectivity index (χ3v) is 7.74. The zero-order valence-electron chi connectivity index (χ0n) is 24.2. The Labute approximate surface area is 241 Å². The molecule has 1 fully saturated rings. The number of benzene rings is 1. The van der Waals surface area contributed by atoms with Crippen molar-refractivity contribution < 1.29 is 19.1 Å². The second kappa shape index (κ2) is 13.3. The molecule has 0 spiro atoms. The van der Waals surface area contributed by atoms with E-state index in [9.17, 15) is 9.59 Å². The Kier molecular flexibility index (Phi) is 9.79. The van der Waals surface area contributed by atoms with Gasteiger partial charge in [-0.2, -0.15) is 0 Å². The molecule has 0 aliphatic carbocycles. The summed E-state index contributed by atoms with van der Waals surface area (Å²) in [5, 5.41) is 1.29. The second-order valence-corrected chi connectivity index (χ2v) is 10.9. The number of aromatic nitrogens is 2. The molecule has 3 aromatic rings. The molecule has 1 aliphatic heterocycles. The van der Waals surface area contributed by atoms with Gasteiger partial charge in [-0.3, -0.25) is 4.79 Å². The molecule has 0 saturated carbocycles. The average Bonchev–Trinajstić information content (AvgIpc) is 3.27. The molecular weight excluding hydrogens is 530 g/mol. The minimum absolute atomic E-state index is 0.0247. The summed E-state index contributed by atoms with van der Waals surface area (Å²) in [6, 6.07) is 7.63. The standard InChI is InChI=1S/C30H40ClN5O4/c1-6-7-8-16-40-26-17-22(10-11-25(26)39-5)21(2)36-15-9-14-34(30(36)38)18-23-12-13-32-29-28(23)24(31)19-35(29)20-27(37)33(3)4/h10-13,17,19,21H,6-9,14-16,18,20H2,1-5H3. The van der Waals surface area contributed by atoms with Crippen LogP contribution in [0.2, 0.25) is 5.02 Å². The first-order valence-electron chi connectivity index (χ1n) is 13.9. The Bertz CT molecular complexity index is 1340. The monoisotopic (exact) mass is 569 g/mol. The number of unbranched alkanes of at least 4 members (excludes halogenated alkanes) is 2. The summed E-state index contributed by atoms with van der Waals surface area (Å²) < 4.78 is 13.3. The van der Waals surface area contributed by atoms with Crippen molar-refractivity contribution in [2.75, 3.05) is 40.9 Å². The Morgan fingerprint density at radius 1 is 1.18 bits per heavy atom. The summed E-state index contributed by atoms with van der Waals surface area (Å²) in [5.41, 5.74) is 2.54. The smallest absolute Gasteiger partial charge is 0.320 e. The van der Waals surface area contributed by atoms with E-state index in [1.165, 1.54) is 4.90 Å². The maximum Gasteiger partial charge on any atom is 0.320 e. The van der Waals surface area contributed by atoms with Crippen LogP contribution in [-0.4, -0.2) is 77.1 Å². The topological polar surface area (TPSA) is 80.1 Å². The van der Waals surface area contributed by atoms with Crippen LogP contribution in [-0.2, 0) is 17.9 Å². The van der Waals surface area contributed by atoms with Crippen LogP contribution in [0.4, 0.5) is 4.79 Å². The van der Waals surface area contributed by atoms with Crippen molar-refractivity contribution in [1.29, 1.82) is 0 Å². The number of likely N-dealkylation sites (N-methyl/N-ethyl adjacent to an activating group) is 1. The first-order chi connectivity index (χ1) is 19.2. The van der Waals surface area contributed by atoms with Gasteiger partial charge < -0.3 is 28.7 Å². The molecule has 3 amide bonds. The molecule has 9 nitrogen and oxygen atoms in total. The zero-order chi connectivity index (χ0) is 28.8. The van der Waals surface area contributed by atoms with Crippen LogP contribution < -0.4 is 9.47 Å². The summed E-state index contributed by atoms with van der Waals surface area (Å²) in [7, 11) is 5.08. The first kappa shape index (κ1) is 29.5. The predicted octanol–water partition coefficient (Wildman–Crippen LogP) is 5.74. The van der Waals surface area contributed by atoms with Crippen LogP contribution in [0.1, 0.15) is 56.7 Å². The van der Waals surface area contributed by atoms with Gasteiger partial charge in [0.05, 0.1) is 24.8 Å². The van der Waals surface area contributed by atoms with E-state index >= 15 is 0 Å². The number of pyridine rings is 1. The lowest BCUT2D eigenvalue weighted by molar-refractivity contribution is -0.129. The van der Waals surface area contributed by atoms with Crippen LogP contribution in [0.15, 0.2) is 36.7 Å². The Morgan fingerprint density at radius 3 is 2.70 bits per heavy atom. The Hall–Kier alpha value is -3.46. The highest BCUT2D eigenvalue weighted by molar-refractivity contribution is 6.35. The van der Waals surface area contributed by atoms with Crippen molar-refractivity contribution in [3.63, 3.8) is 0 Å². The number of hydrogen-bond acceptors (Lipinski definition) is 5. The average molecular weight is 570 g/mol. The third-order valence-electron chi connectivity index (χ3n) is 7.45. The summed E-state index contributed by atoms with van der Waals surface area (Å²) in [6.07, 6.45) is 7.53. The van der Waals surface area contributed by atoms with E-state index in [4.69, 9.17) is 21.1 Å². The molecule has 0 radical (unpaired) electrons. The van der Waals surface area contributed by atoms with Crippen molar-refractivity contribution in [2.45, 2.75) is 58.7 Å². The number of hydrogen-bond donors (Lipinski definition) is 0. The third kappa shape index (κ3) is 6.46. The van der Waals surface area contributed by atoms with Gasteiger partial charge in [-0.1, -0.05) is 37.4 Å². The number of urea groups is 1. The van der Waals surface area contributed by atoms with Gasteiger partial charge in [0.25, 0.3) is 0 Å². The molecule has 1 aliphatic rings. The minimum atomic E-state index is -0.140. The summed E-state index contributed by atoms with van der Waals surface area (Å²) in [4.78, 5) is 35.9. The van der Waals surface area contributed by atoms with Crippen LogP contribution >= 0.6 is 11.6 Å². The van der Waals surface area contributed by atoms with Gasteiger partial charge in [0, 0.05) is 51.5 Å². The van der Waals surface area contributed by atoms with Crippen molar-refractivity contribution in [3.8, 4) is 11.5 Å². The highest BCUT2D eigenvalue weighted by Crippen LogP contribution is 2.34. The van der Waals surface area contributed by atoms with Crippen LogP contribution in [0, 0.1) is 0 Å². The number of halogens is 1. The number of carbonyl (C=O) groups excluding carboxylic acids is 2. The normalized spacial score (nSPS) is 14.5. The van der Waals surface area contributed by atoms with Gasteiger partial charge in [0.1, 0.15) is 12.2 Å². The van der Waals surface area contributed by atoms with Gasteiger partial charge >= 0.3 is 6.03 Å². The number of fused-ring (bicyclic) bond motifs is 1. The van der Waals surface area contributed by atoms with Crippen molar-refractivity contribution >= 4 is 34.6 Å². The van der Waals surface area contributed by atoms with Crippen molar-refractivity contribution in [1.82, 2.24) is 24.3 Å². The van der Waals surface area contributed by atoms with E-state index in [1.807, 2.05) is 41.0 Å². The van der Waals surface area contributed by atoms with E-state index in [2.05, 4.69) is 11.9 Å². The van der Waals surface area contributed by atoms with E-state index in [1.54, 1.807) is 38.2 Å². The predicted molar refractivity (Wildman–Crippen MR) is 157 cm³/mol. The highest BCUT2D eigenvalue weighted by Gasteiger charge is 2.31. The molecule has 1 atom stereocenters. The number of amides is 3. The van der Waals surface area contributed by atoms with Gasteiger partial charge in [-0.25, -0.2) is 9.78 Å². The van der Waals surface area contributed by atoms with E-state index in [-0.39, 0.29) is 24.5 Å². The van der Waals surface area contributed by atoms with Gasteiger partial charge in [0.2, 0.25) is 5.91 Å². The van der Waals surface area contributed by atoms with Gasteiger partial charge in [0.15, 0.2) is 11.5 Å². The zero-order valence-corrected chi connectivity index (χ0v) is 24.9. The molecule has 0 N–H and O–H groups in total. The number of methoxy groups -OCH3 is 1. The molecule has 40 heavy (non-hydrogen) atoms. The molecular formula is C30H40ClN5O4. The lowest BCUT2D eigenvalue weighted by Crippen LogP contribution is -2.49. The van der Waals surface area contributed by atoms with Crippen LogP contribution in [0.3, 0.4) is 0 Å². The number of ether oxygens (including phenoxy) is 2.